The minimum Gasteiger partial charge on any atom is -0.461 e. The molecule has 4 aromatic rings. The Morgan fingerprint density at radius 2 is 1.09 bits per heavy atom. The molecule has 7 aliphatic heterocycles. The minimum absolute atomic E-state index is 0.00186. The molecule has 4 saturated carbocycles. The summed E-state index contributed by atoms with van der Waals surface area (Å²) in [4.78, 5) is 56.7. The van der Waals surface area contributed by atoms with Crippen molar-refractivity contribution in [3.63, 3.8) is 0 Å². The largest absolute Gasteiger partial charge is 0.461 e. The van der Waals surface area contributed by atoms with Gasteiger partial charge >= 0.3 is 5.97 Å². The summed E-state index contributed by atoms with van der Waals surface area (Å²) in [6, 6.07) is 39.8. The number of hydrogen-bond donors (Lipinski definition) is 1. The number of benzene rings is 4. The first-order valence-corrected chi connectivity index (χ1v) is 56.2. The first kappa shape index (κ1) is 110. The lowest BCUT2D eigenvalue weighted by atomic mass is 9.33. The molecule has 143 heavy (non-hydrogen) atoms. The number of methoxy groups -OCH3 is 1. The van der Waals surface area contributed by atoms with Crippen LogP contribution in [0.5, 0.6) is 0 Å². The van der Waals surface area contributed by atoms with Crippen molar-refractivity contribution >= 4 is 35.7 Å². The van der Waals surface area contributed by atoms with E-state index < -0.39 is 133 Å². The van der Waals surface area contributed by atoms with Crippen LogP contribution in [0.25, 0.3) is 0 Å². The Labute approximate surface area is 859 Å². The Balaban J connectivity index is 0.668. The molecule has 0 radical (unpaired) electrons. The molecule has 0 spiro atoms. The average Bonchev–Trinajstić information content (AvgIpc) is 0.874. The number of carbonyl (C=O) groups excluding carboxylic acids is 4. The second-order valence-electron chi connectivity index (χ2n) is 48.0. The molecule has 0 aromatic heterocycles. The summed E-state index contributed by atoms with van der Waals surface area (Å²) in [7, 11) is 1.95. The van der Waals surface area contributed by atoms with Gasteiger partial charge in [0.2, 0.25) is 5.91 Å². The molecule has 24 heteroatoms. The molecule has 12 aliphatic rings. The van der Waals surface area contributed by atoms with Crippen LogP contribution in [0.2, 0.25) is 0 Å². The number of rotatable bonds is 41. The number of esters is 1. The van der Waals surface area contributed by atoms with Gasteiger partial charge in [-0.1, -0.05) is 282 Å². The Morgan fingerprint density at radius 3 is 1.73 bits per heavy atom. The third kappa shape index (κ3) is 24.1. The summed E-state index contributed by atoms with van der Waals surface area (Å²) in [5.74, 6) is -0.240. The Kier molecular flexibility index (Phi) is 36.7. The normalized spacial score (nSPS) is 41.5. The third-order valence-electron chi connectivity index (χ3n) is 37.8. The molecular formula is C119H175NO22S. The van der Waals surface area contributed by atoms with Gasteiger partial charge in [0.05, 0.1) is 87.7 Å². The third-order valence-corrected chi connectivity index (χ3v) is 39.2. The highest BCUT2D eigenvalue weighted by Crippen LogP contribution is 2.77. The average molecular weight is 2000 g/mol. The van der Waals surface area contributed by atoms with E-state index in [2.05, 4.69) is 152 Å². The van der Waals surface area contributed by atoms with E-state index in [4.69, 9.17) is 85.3 Å². The van der Waals surface area contributed by atoms with Crippen LogP contribution in [0, 0.1) is 104 Å². The molecular weight excluding hydrogens is 1830 g/mol. The number of fused-ring (bicyclic) bond motifs is 8. The van der Waals surface area contributed by atoms with Gasteiger partial charge in [-0.25, -0.2) is 0 Å². The Morgan fingerprint density at radius 1 is 0.503 bits per heavy atom. The van der Waals surface area contributed by atoms with Gasteiger partial charge < -0.3 is 95.4 Å². The van der Waals surface area contributed by atoms with Crippen LogP contribution >= 0.6 is 11.8 Å². The maximum absolute atomic E-state index is 15.0. The van der Waals surface area contributed by atoms with E-state index in [1.54, 1.807) is 12.5 Å². The molecule has 794 valence electrons. The maximum Gasteiger partial charge on any atom is 0.306 e. The van der Waals surface area contributed by atoms with Crippen molar-refractivity contribution in [1.29, 1.82) is 0 Å². The monoisotopic (exact) mass is 2000 g/mol. The highest BCUT2D eigenvalue weighted by Gasteiger charge is 2.72. The van der Waals surface area contributed by atoms with Crippen molar-refractivity contribution in [3.8, 4) is 0 Å². The molecule has 1 amide bonds. The van der Waals surface area contributed by atoms with Crippen LogP contribution in [-0.2, 0) is 131 Å². The highest BCUT2D eigenvalue weighted by molar-refractivity contribution is 7.99. The van der Waals surface area contributed by atoms with E-state index in [0.717, 1.165) is 131 Å². The van der Waals surface area contributed by atoms with E-state index in [0.29, 0.717) is 75.8 Å². The topological polar surface area (TPSA) is 246 Å². The number of ether oxygens (including phenoxy) is 18. The molecule has 11 fully saturated rings. The van der Waals surface area contributed by atoms with Crippen molar-refractivity contribution in [3.05, 3.63) is 155 Å². The number of nitrogens with one attached hydrogen (secondary N) is 1. The molecule has 17 unspecified atom stereocenters. The summed E-state index contributed by atoms with van der Waals surface area (Å²) in [5, 5.41) is 3.59. The zero-order chi connectivity index (χ0) is 102. The fourth-order valence-electron chi connectivity index (χ4n) is 28.2. The number of carbonyl (C=O) groups is 4. The van der Waals surface area contributed by atoms with Gasteiger partial charge in [0.15, 0.2) is 43.0 Å². The summed E-state index contributed by atoms with van der Waals surface area (Å²) >= 11 is 1.82. The van der Waals surface area contributed by atoms with Gasteiger partial charge in [0, 0.05) is 60.7 Å². The molecule has 16 rings (SSSR count). The van der Waals surface area contributed by atoms with Gasteiger partial charge in [-0.15, -0.1) is 11.8 Å². The lowest BCUT2D eigenvalue weighted by Crippen LogP contribution is -2.68. The van der Waals surface area contributed by atoms with Crippen LogP contribution in [-0.4, -0.2) is 191 Å². The number of amides is 1. The Bertz CT molecular complexity index is 4760. The number of thioether (sulfide) groups is 1. The summed E-state index contributed by atoms with van der Waals surface area (Å²) < 4.78 is 127. The summed E-state index contributed by atoms with van der Waals surface area (Å²) in [6.45, 7) is 46.7. The molecule has 38 atom stereocenters. The molecule has 1 N–H and O–H groups in total. The first-order valence-electron chi connectivity index (χ1n) is 55.2. The first-order chi connectivity index (χ1) is 68.4. The highest BCUT2D eigenvalue weighted by atomic mass is 32.2. The van der Waals surface area contributed by atoms with E-state index in [1.807, 2.05) is 131 Å². The lowest BCUT2D eigenvalue weighted by molar-refractivity contribution is -0.374. The fourth-order valence-corrected chi connectivity index (χ4v) is 29.9. The van der Waals surface area contributed by atoms with E-state index in [-0.39, 0.29) is 117 Å². The Hall–Kier alpha value is -5.43. The van der Waals surface area contributed by atoms with Crippen molar-refractivity contribution in [2.24, 2.45) is 104 Å². The van der Waals surface area contributed by atoms with E-state index >= 15 is 4.79 Å². The predicted molar refractivity (Wildman–Crippen MR) is 550 cm³/mol. The summed E-state index contributed by atoms with van der Waals surface area (Å²) in [5.41, 5.74) is 2.88. The van der Waals surface area contributed by atoms with Crippen molar-refractivity contribution in [1.82, 2.24) is 5.32 Å². The standard InChI is InChI=1S/C119H175NO22S/c1-22-89-75(5)74(4)77(7)109(133-89)140-105-101(137-107-76(6)73(3)72(2)63-130-107)79(9)99(81(11)122)136-110(105)135-94-56-57-115(17)92(116(94,18)70-121)55-58-117(19)93(115)54-53-87-88-61-113(13,14)59-60-119(88,95(125-21)62-118(87,117)20)71-143-112-102(78(8)98(90(134-112)68-126-64-83-43-33-29-34-44-83)120-96(123)51-41-27-25-23-24-26-28-42-52-97(124)128-66-85-47-37-31-38-48-85)138-111-106-104(141-114(15,16)142-106)103(82(12)132-111)139-108-80(10)100(129-67-86-49-39-32-40-50-86)91(69-131-108)127-65-84-45-35-30-36-46-84/h29-40,43-50,53,70,72-80,82,88-95,98-112H,22-28,41-42,51-52,54-69,71H2,1-21H3,(H,120,123)/t72-,73+,74+,75-,76?,77?,78?,79-,80?,82?,88?,89?,90?,91-,92-,93?,94+,95?,98-,99?,100?,101+,102?,103+,104?,105?,106?,107+,108+,109+,110-,111+,112+,115?,116-,117+,118-,119-/m1/s1. The van der Waals surface area contributed by atoms with Crippen LogP contribution < -0.4 is 5.32 Å². The number of ketones is 1. The van der Waals surface area contributed by atoms with Gasteiger partial charge in [0.1, 0.15) is 67.2 Å². The lowest BCUT2D eigenvalue weighted by Gasteiger charge is -2.72. The fraction of sp³-hybridized carbons (Fsp3) is 0.748. The number of allylic oxidation sites excluding steroid dienone is 2. The number of hydrogen-bond acceptors (Lipinski definition) is 23. The van der Waals surface area contributed by atoms with Crippen LogP contribution in [0.3, 0.4) is 0 Å². The van der Waals surface area contributed by atoms with Crippen LogP contribution in [0.4, 0.5) is 0 Å². The molecule has 0 bridgehead atoms. The van der Waals surface area contributed by atoms with E-state index in [1.165, 1.54) is 6.29 Å². The molecule has 23 nitrogen and oxygen atoms in total. The molecule has 5 aliphatic carbocycles. The quantitative estimate of drug-likeness (QED) is 0.0143. The number of Topliss-reactive ketones (excluding diaryl/α,β-unsaturated/α-hetero) is 1. The molecule has 4 aromatic carbocycles. The van der Waals surface area contributed by atoms with E-state index in [9.17, 15) is 14.4 Å². The van der Waals surface area contributed by atoms with Crippen molar-refractivity contribution in [2.45, 2.75) is 427 Å². The molecule has 7 saturated heterocycles. The smallest absolute Gasteiger partial charge is 0.306 e. The van der Waals surface area contributed by atoms with Gasteiger partial charge in [-0.2, -0.15) is 0 Å². The van der Waals surface area contributed by atoms with Crippen LogP contribution in [0.1, 0.15) is 289 Å². The summed E-state index contributed by atoms with van der Waals surface area (Å²) in [6.07, 6.45) is 8.78. The SMILES string of the molecule is CCC1O[C@@H](OC2[C@H](O[C@H]3CCC4(C)C5CC=C6C7CC(C)(C)CC[C@]7(CS[C@@H]7OC(COCc8ccccc8)[C@H](NC(=O)CCCCCCCCCCC(=O)OCc8ccccc8)C(C)C7O[C@@H]7OC(C)[C@H](O[C@@H]8OC[C@@H](OCc9ccccc9)C(OCc9ccccc9)C8C)C8OC(C)(C)OC87)C(OC)C[C@@]6(C)[C@@]5(C)CC[C@H]4[C@@]3(C)C=O)OC(C(C)=O)[C@@H](C)[C@@H]2O[C@@H]2OC[C@@H](C)[C@H](C)C2C)C(C)[C@@H](C)[C@H]1C. The maximum atomic E-state index is 15.0. The second-order valence-corrected chi connectivity index (χ2v) is 49.0. The molecule has 7 heterocycles. The van der Waals surface area contributed by atoms with Gasteiger partial charge in [-0.05, 0) is 190 Å². The van der Waals surface area contributed by atoms with Gasteiger partial charge in [0.25, 0.3) is 0 Å². The van der Waals surface area contributed by atoms with Crippen molar-refractivity contribution in [2.75, 3.05) is 32.7 Å². The number of unbranched alkanes of at least 4 members (excludes halogenated alkanes) is 7. The number of aldehydes is 1. The zero-order valence-electron chi connectivity index (χ0n) is 89.9. The van der Waals surface area contributed by atoms with Gasteiger partial charge in [-0.3, -0.25) is 14.4 Å². The van der Waals surface area contributed by atoms with Crippen LogP contribution in [0.15, 0.2) is 133 Å². The predicted octanol–water partition coefficient (Wildman–Crippen LogP) is 22.6. The second kappa shape index (κ2) is 47.6. The van der Waals surface area contributed by atoms with Crippen molar-refractivity contribution < 1.29 is 104 Å². The minimum atomic E-state index is -1.08. The zero-order valence-corrected chi connectivity index (χ0v) is 90.8.